The summed E-state index contributed by atoms with van der Waals surface area (Å²) in [5.41, 5.74) is 5.10. The van der Waals surface area contributed by atoms with Gasteiger partial charge in [-0.25, -0.2) is 0 Å². The molecular formula is C19H24O2. The molecule has 0 saturated carbocycles. The van der Waals surface area contributed by atoms with E-state index >= 15 is 0 Å². The van der Waals surface area contributed by atoms with Crippen molar-refractivity contribution in [2.24, 2.45) is 0 Å². The Morgan fingerprint density at radius 1 is 0.762 bits per heavy atom. The minimum absolute atomic E-state index is 0.680. The van der Waals surface area contributed by atoms with Crippen LogP contribution in [0.2, 0.25) is 0 Å². The molecule has 0 atom stereocenters. The van der Waals surface area contributed by atoms with E-state index in [1.165, 1.54) is 22.3 Å². The topological polar surface area (TPSA) is 18.5 Å². The number of benzene rings is 2. The third-order valence-corrected chi connectivity index (χ3v) is 3.48. The lowest BCUT2D eigenvalue weighted by atomic mass is 10.1. The Bertz CT molecular complexity index is 514. The Morgan fingerprint density at radius 3 is 2.00 bits per heavy atom. The quantitative estimate of drug-likeness (QED) is 0.673. The molecule has 0 fully saturated rings. The van der Waals surface area contributed by atoms with Gasteiger partial charge in [0.05, 0.1) is 13.2 Å². The molecule has 2 rings (SSSR count). The van der Waals surface area contributed by atoms with Gasteiger partial charge < -0.3 is 9.47 Å². The highest BCUT2D eigenvalue weighted by Gasteiger charge is 1.97. The molecule has 2 nitrogen and oxygen atoms in total. The molecular weight excluding hydrogens is 260 g/mol. The van der Waals surface area contributed by atoms with E-state index in [9.17, 15) is 0 Å². The van der Waals surface area contributed by atoms with E-state index in [1.807, 2.05) is 0 Å². The highest BCUT2D eigenvalue weighted by molar-refractivity contribution is 5.22. The zero-order valence-electron chi connectivity index (χ0n) is 13.0. The molecule has 0 aliphatic heterocycles. The molecule has 0 aromatic heterocycles. The van der Waals surface area contributed by atoms with Gasteiger partial charge in [-0.1, -0.05) is 54.1 Å². The van der Waals surface area contributed by atoms with Crippen LogP contribution in [0.3, 0.4) is 0 Å². The van der Waals surface area contributed by atoms with Crippen molar-refractivity contribution >= 4 is 0 Å². The molecule has 0 spiro atoms. The van der Waals surface area contributed by atoms with Gasteiger partial charge in [0.25, 0.3) is 0 Å². The number of aryl methyl sites for hydroxylation is 2. The van der Waals surface area contributed by atoms with Crippen molar-refractivity contribution in [1.82, 2.24) is 0 Å². The van der Waals surface area contributed by atoms with Crippen molar-refractivity contribution < 1.29 is 9.47 Å². The van der Waals surface area contributed by atoms with Crippen molar-refractivity contribution in [3.8, 4) is 0 Å². The van der Waals surface area contributed by atoms with E-state index in [1.54, 1.807) is 7.11 Å². The smallest absolute Gasteiger partial charge is 0.0716 e. The highest BCUT2D eigenvalue weighted by atomic mass is 16.5. The molecule has 112 valence electrons. The van der Waals surface area contributed by atoms with Crippen LogP contribution in [0.5, 0.6) is 0 Å². The third-order valence-electron chi connectivity index (χ3n) is 3.48. The summed E-state index contributed by atoms with van der Waals surface area (Å²) in [5.74, 6) is 0. The first-order chi connectivity index (χ1) is 10.3. The Kier molecular flexibility index (Phi) is 6.45. The van der Waals surface area contributed by atoms with Crippen LogP contribution in [0.25, 0.3) is 0 Å². The maximum absolute atomic E-state index is 5.72. The molecule has 0 bridgehead atoms. The number of hydrogen-bond donors (Lipinski definition) is 0. The molecule has 0 heterocycles. The second-order valence-electron chi connectivity index (χ2n) is 5.39. The standard InChI is InChI=1S/C19H24O2/c1-16-5-7-19(8-6-16)15-21-13-3-4-17-9-11-18(12-10-17)14-20-2/h5-12H,3-4,13-15H2,1-2H3. The minimum atomic E-state index is 0.680. The predicted molar refractivity (Wildman–Crippen MR) is 86.3 cm³/mol. The van der Waals surface area contributed by atoms with Crippen molar-refractivity contribution in [1.29, 1.82) is 0 Å². The fraction of sp³-hybridized carbons (Fsp3) is 0.368. The van der Waals surface area contributed by atoms with Crippen LogP contribution in [-0.4, -0.2) is 13.7 Å². The molecule has 2 aromatic rings. The normalized spacial score (nSPS) is 10.8. The van der Waals surface area contributed by atoms with E-state index < -0.39 is 0 Å². The van der Waals surface area contributed by atoms with E-state index in [0.717, 1.165) is 19.4 Å². The average Bonchev–Trinajstić information content (AvgIpc) is 2.51. The molecule has 2 aromatic carbocycles. The summed E-state index contributed by atoms with van der Waals surface area (Å²) in [4.78, 5) is 0. The zero-order chi connectivity index (χ0) is 14.9. The second-order valence-corrected chi connectivity index (χ2v) is 5.39. The second kappa shape index (κ2) is 8.60. The number of methoxy groups -OCH3 is 1. The first-order valence-corrected chi connectivity index (χ1v) is 7.48. The first kappa shape index (κ1) is 15.7. The molecule has 0 N–H and O–H groups in total. The zero-order valence-corrected chi connectivity index (χ0v) is 13.0. The van der Waals surface area contributed by atoms with Gasteiger partial charge in [-0.3, -0.25) is 0 Å². The Labute approximate surface area is 127 Å². The fourth-order valence-corrected chi connectivity index (χ4v) is 2.22. The Hall–Kier alpha value is -1.64. The monoisotopic (exact) mass is 284 g/mol. The summed E-state index contributed by atoms with van der Waals surface area (Å²) in [5, 5.41) is 0. The summed E-state index contributed by atoms with van der Waals surface area (Å²) in [7, 11) is 1.72. The van der Waals surface area contributed by atoms with Gasteiger partial charge in [0.15, 0.2) is 0 Å². The summed E-state index contributed by atoms with van der Waals surface area (Å²) in [6.07, 6.45) is 2.11. The number of hydrogen-bond acceptors (Lipinski definition) is 2. The SMILES string of the molecule is COCc1ccc(CCCOCc2ccc(C)cc2)cc1. The van der Waals surface area contributed by atoms with Crippen LogP contribution in [0, 0.1) is 6.92 Å². The summed E-state index contributed by atoms with van der Waals surface area (Å²) in [6, 6.07) is 17.1. The molecule has 0 unspecified atom stereocenters. The average molecular weight is 284 g/mol. The van der Waals surface area contributed by atoms with E-state index in [-0.39, 0.29) is 0 Å². The van der Waals surface area contributed by atoms with E-state index in [2.05, 4.69) is 55.5 Å². The van der Waals surface area contributed by atoms with Gasteiger partial charge in [0.2, 0.25) is 0 Å². The van der Waals surface area contributed by atoms with Gasteiger partial charge in [0, 0.05) is 13.7 Å². The van der Waals surface area contributed by atoms with Crippen molar-refractivity contribution in [2.45, 2.75) is 33.0 Å². The molecule has 0 saturated heterocycles. The van der Waals surface area contributed by atoms with E-state index in [4.69, 9.17) is 9.47 Å². The lowest BCUT2D eigenvalue weighted by molar-refractivity contribution is 0.118. The van der Waals surface area contributed by atoms with Crippen molar-refractivity contribution in [3.05, 3.63) is 70.8 Å². The molecule has 0 radical (unpaired) electrons. The van der Waals surface area contributed by atoms with Crippen LogP contribution in [0.15, 0.2) is 48.5 Å². The van der Waals surface area contributed by atoms with Crippen LogP contribution < -0.4 is 0 Å². The largest absolute Gasteiger partial charge is 0.380 e. The van der Waals surface area contributed by atoms with Gasteiger partial charge in [-0.2, -0.15) is 0 Å². The summed E-state index contributed by atoms with van der Waals surface area (Å²) < 4.78 is 10.8. The Balaban J connectivity index is 1.64. The molecule has 21 heavy (non-hydrogen) atoms. The third kappa shape index (κ3) is 5.70. The Morgan fingerprint density at radius 2 is 1.33 bits per heavy atom. The molecule has 2 heteroatoms. The first-order valence-electron chi connectivity index (χ1n) is 7.48. The van der Waals surface area contributed by atoms with Crippen LogP contribution >= 0.6 is 0 Å². The van der Waals surface area contributed by atoms with Gasteiger partial charge in [0.1, 0.15) is 0 Å². The minimum Gasteiger partial charge on any atom is -0.380 e. The maximum atomic E-state index is 5.72. The van der Waals surface area contributed by atoms with Crippen LogP contribution in [0.1, 0.15) is 28.7 Å². The van der Waals surface area contributed by atoms with Gasteiger partial charge >= 0.3 is 0 Å². The molecule has 0 amide bonds. The lowest BCUT2D eigenvalue weighted by Crippen LogP contribution is -1.98. The summed E-state index contributed by atoms with van der Waals surface area (Å²) >= 11 is 0. The van der Waals surface area contributed by atoms with Crippen LogP contribution in [-0.2, 0) is 29.1 Å². The fourth-order valence-electron chi connectivity index (χ4n) is 2.22. The number of ether oxygens (including phenoxy) is 2. The van der Waals surface area contributed by atoms with E-state index in [0.29, 0.717) is 13.2 Å². The lowest BCUT2D eigenvalue weighted by Gasteiger charge is -2.06. The van der Waals surface area contributed by atoms with Crippen molar-refractivity contribution in [2.75, 3.05) is 13.7 Å². The predicted octanol–water partition coefficient (Wildman–Crippen LogP) is 4.29. The van der Waals surface area contributed by atoms with Gasteiger partial charge in [-0.15, -0.1) is 0 Å². The highest BCUT2D eigenvalue weighted by Crippen LogP contribution is 2.09. The number of rotatable bonds is 8. The van der Waals surface area contributed by atoms with Gasteiger partial charge in [-0.05, 0) is 36.5 Å². The maximum Gasteiger partial charge on any atom is 0.0716 e. The van der Waals surface area contributed by atoms with Crippen LogP contribution in [0.4, 0.5) is 0 Å². The van der Waals surface area contributed by atoms with Crippen molar-refractivity contribution in [3.63, 3.8) is 0 Å². The summed E-state index contributed by atoms with van der Waals surface area (Å²) in [6.45, 7) is 4.28. The molecule has 0 aliphatic rings. The molecule has 0 aliphatic carbocycles.